The van der Waals surface area contributed by atoms with Gasteiger partial charge in [-0.1, -0.05) is 6.07 Å². The number of hydrogen-bond donors (Lipinski definition) is 0. The number of halogens is 1. The molecule has 5 nitrogen and oxygen atoms in total. The van der Waals surface area contributed by atoms with E-state index in [1.54, 1.807) is 40.6 Å². The van der Waals surface area contributed by atoms with Crippen molar-refractivity contribution in [3.63, 3.8) is 0 Å². The summed E-state index contributed by atoms with van der Waals surface area (Å²) in [6.45, 7) is 2.69. The first-order valence-electron chi connectivity index (χ1n) is 5.47. The Morgan fingerprint density at radius 3 is 2.78 bits per heavy atom. The minimum absolute atomic E-state index is 0.0629. The van der Waals surface area contributed by atoms with Crippen LogP contribution in [0.4, 0.5) is 0 Å². The second-order valence-electron chi connectivity index (χ2n) is 3.84. The van der Waals surface area contributed by atoms with E-state index in [-0.39, 0.29) is 11.1 Å². The fourth-order valence-electron chi connectivity index (χ4n) is 1.67. The number of pyridine rings is 1. The minimum Gasteiger partial charge on any atom is -0.314 e. The minimum atomic E-state index is -0.0678. The van der Waals surface area contributed by atoms with E-state index in [0.29, 0.717) is 22.5 Å². The van der Waals surface area contributed by atoms with E-state index in [2.05, 4.69) is 4.98 Å². The smallest absolute Gasteiger partial charge is 0.266 e. The lowest BCUT2D eigenvalue weighted by atomic mass is 10.4. The first-order valence-corrected chi connectivity index (χ1v) is 6.55. The van der Waals surface area contributed by atoms with Crippen molar-refractivity contribution in [2.45, 2.75) is 20.0 Å². The van der Waals surface area contributed by atoms with Crippen LogP contribution < -0.4 is 11.1 Å². The van der Waals surface area contributed by atoms with Crippen LogP contribution in [0.1, 0.15) is 5.82 Å². The molecule has 18 heavy (non-hydrogen) atoms. The van der Waals surface area contributed by atoms with Gasteiger partial charge >= 0.3 is 0 Å². The average Bonchev–Trinajstić information content (AvgIpc) is 2.36. The van der Waals surface area contributed by atoms with Crippen molar-refractivity contribution in [3.8, 4) is 0 Å². The Hall–Kier alpha value is -1.44. The maximum absolute atomic E-state index is 11.9. The van der Waals surface area contributed by atoms with E-state index in [9.17, 15) is 9.59 Å². The first kappa shape index (κ1) is 13.0. The largest absolute Gasteiger partial charge is 0.314 e. The molecule has 2 heterocycles. The highest BCUT2D eigenvalue weighted by Crippen LogP contribution is 1.98. The Kier molecular flexibility index (Phi) is 3.95. The van der Waals surface area contributed by atoms with Crippen LogP contribution in [0.25, 0.3) is 0 Å². The molecule has 0 aliphatic carbocycles. The second kappa shape index (κ2) is 5.47. The topological polar surface area (TPSA) is 56.9 Å². The van der Waals surface area contributed by atoms with Crippen LogP contribution in [0.2, 0.25) is 0 Å². The van der Waals surface area contributed by atoms with Crippen molar-refractivity contribution in [3.05, 3.63) is 60.7 Å². The molecule has 2 rings (SSSR count). The van der Waals surface area contributed by atoms with Gasteiger partial charge in [0.2, 0.25) is 0 Å². The first-order chi connectivity index (χ1) is 8.59. The van der Waals surface area contributed by atoms with E-state index >= 15 is 0 Å². The van der Waals surface area contributed by atoms with Gasteiger partial charge in [0, 0.05) is 31.5 Å². The summed E-state index contributed by atoms with van der Waals surface area (Å²) in [5.74, 6) is 0.657. The summed E-state index contributed by atoms with van der Waals surface area (Å²) >= 11 is 1.96. The molecule has 0 radical (unpaired) electrons. The van der Waals surface area contributed by atoms with Gasteiger partial charge < -0.3 is 4.57 Å². The highest BCUT2D eigenvalue weighted by atomic mass is 127. The van der Waals surface area contributed by atoms with E-state index in [1.165, 1.54) is 6.07 Å². The molecule has 0 N–H and O–H groups in total. The van der Waals surface area contributed by atoms with Crippen LogP contribution in [0.5, 0.6) is 0 Å². The lowest BCUT2D eigenvalue weighted by Crippen LogP contribution is -2.29. The maximum Gasteiger partial charge on any atom is 0.266 e. The summed E-state index contributed by atoms with van der Waals surface area (Å²) in [5, 5.41) is 0. The van der Waals surface area contributed by atoms with Crippen molar-refractivity contribution < 1.29 is 0 Å². The van der Waals surface area contributed by atoms with Gasteiger partial charge in [-0.2, -0.15) is 0 Å². The summed E-state index contributed by atoms with van der Waals surface area (Å²) in [6.07, 6.45) is 3.27. The predicted molar refractivity (Wildman–Crippen MR) is 76.7 cm³/mol. The van der Waals surface area contributed by atoms with E-state index in [0.717, 1.165) is 0 Å². The molecule has 6 heteroatoms. The predicted octanol–water partition coefficient (Wildman–Crippen LogP) is 1.02. The second-order valence-corrected chi connectivity index (χ2v) is 5.00. The molecule has 0 unspecified atom stereocenters. The molecule has 0 saturated carbocycles. The molecule has 0 aliphatic heterocycles. The molecule has 2 aromatic rings. The Morgan fingerprint density at radius 1 is 1.28 bits per heavy atom. The highest BCUT2D eigenvalue weighted by molar-refractivity contribution is 14.1. The molecule has 2 aromatic heterocycles. The molecule has 0 spiro atoms. The summed E-state index contributed by atoms with van der Waals surface area (Å²) in [4.78, 5) is 27.6. The zero-order valence-corrected chi connectivity index (χ0v) is 12.0. The lowest BCUT2D eigenvalue weighted by molar-refractivity contribution is 0.533. The SMILES string of the molecule is Cc1ncc(I)c(=O)n1CCn1ccccc1=O. The molecule has 0 fully saturated rings. The number of rotatable bonds is 3. The van der Waals surface area contributed by atoms with Crippen molar-refractivity contribution in [1.29, 1.82) is 0 Å². The lowest BCUT2D eigenvalue weighted by Gasteiger charge is -2.10. The quantitative estimate of drug-likeness (QED) is 0.771. The Morgan fingerprint density at radius 2 is 2.06 bits per heavy atom. The Bertz CT molecular complexity index is 676. The number of aryl methyl sites for hydroxylation is 2. The van der Waals surface area contributed by atoms with Crippen LogP contribution in [0.3, 0.4) is 0 Å². The van der Waals surface area contributed by atoms with Gasteiger partial charge in [0.25, 0.3) is 11.1 Å². The fourth-order valence-corrected chi connectivity index (χ4v) is 2.10. The standard InChI is InChI=1S/C12H12IN3O2/c1-9-14-8-10(13)12(18)16(9)7-6-15-5-3-2-4-11(15)17/h2-5,8H,6-7H2,1H3. The van der Waals surface area contributed by atoms with Gasteiger partial charge in [-0.3, -0.25) is 14.2 Å². The summed E-state index contributed by atoms with van der Waals surface area (Å²) in [7, 11) is 0. The number of nitrogens with zero attached hydrogens (tertiary/aromatic N) is 3. The molecule has 0 atom stereocenters. The monoisotopic (exact) mass is 357 g/mol. The van der Waals surface area contributed by atoms with Crippen LogP contribution in [0, 0.1) is 10.5 Å². The molecule has 0 amide bonds. The molecule has 0 aromatic carbocycles. The van der Waals surface area contributed by atoms with Crippen molar-refractivity contribution in [1.82, 2.24) is 14.1 Å². The number of hydrogen-bond acceptors (Lipinski definition) is 3. The highest BCUT2D eigenvalue weighted by Gasteiger charge is 2.05. The van der Waals surface area contributed by atoms with Gasteiger partial charge in [-0.15, -0.1) is 0 Å². The third-order valence-electron chi connectivity index (χ3n) is 2.67. The molecule has 94 valence electrons. The molecular formula is C12H12IN3O2. The van der Waals surface area contributed by atoms with Crippen LogP contribution in [-0.2, 0) is 13.1 Å². The van der Waals surface area contributed by atoms with E-state index in [4.69, 9.17) is 0 Å². The van der Waals surface area contributed by atoms with Crippen LogP contribution in [0.15, 0.2) is 40.2 Å². The average molecular weight is 357 g/mol. The van der Waals surface area contributed by atoms with E-state index < -0.39 is 0 Å². The molecular weight excluding hydrogens is 345 g/mol. The van der Waals surface area contributed by atoms with Crippen molar-refractivity contribution in [2.24, 2.45) is 0 Å². The summed E-state index contributed by atoms with van der Waals surface area (Å²) in [6, 6.07) is 5.00. The van der Waals surface area contributed by atoms with E-state index in [1.807, 2.05) is 22.6 Å². The summed E-state index contributed by atoms with van der Waals surface area (Å²) < 4.78 is 3.74. The van der Waals surface area contributed by atoms with Crippen LogP contribution >= 0.6 is 22.6 Å². The normalized spacial score (nSPS) is 10.6. The zero-order valence-electron chi connectivity index (χ0n) is 9.84. The van der Waals surface area contributed by atoms with Gasteiger partial charge in [0.05, 0.1) is 3.57 Å². The number of aromatic nitrogens is 3. The van der Waals surface area contributed by atoms with Gasteiger partial charge in [-0.05, 0) is 35.6 Å². The Labute approximate surface area is 117 Å². The summed E-state index contributed by atoms with van der Waals surface area (Å²) in [5.41, 5.74) is -0.131. The van der Waals surface area contributed by atoms with Crippen molar-refractivity contribution in [2.75, 3.05) is 0 Å². The molecule has 0 aliphatic rings. The molecule has 0 saturated heterocycles. The third-order valence-corrected chi connectivity index (χ3v) is 3.41. The third kappa shape index (κ3) is 2.69. The van der Waals surface area contributed by atoms with Gasteiger partial charge in [0.15, 0.2) is 0 Å². The maximum atomic E-state index is 11.9. The Balaban J connectivity index is 2.27. The van der Waals surface area contributed by atoms with Gasteiger partial charge in [-0.25, -0.2) is 4.98 Å². The van der Waals surface area contributed by atoms with Crippen molar-refractivity contribution >= 4 is 22.6 Å². The zero-order chi connectivity index (χ0) is 13.1. The fraction of sp³-hybridized carbons (Fsp3) is 0.250. The van der Waals surface area contributed by atoms with Gasteiger partial charge in [0.1, 0.15) is 5.82 Å². The molecule has 0 bridgehead atoms. The van der Waals surface area contributed by atoms with Crippen LogP contribution in [-0.4, -0.2) is 14.1 Å².